The third-order valence-corrected chi connectivity index (χ3v) is 7.50. The van der Waals surface area contributed by atoms with Crippen molar-refractivity contribution >= 4 is 33.5 Å². The number of rotatable bonds is 5. The molecule has 1 amide bonds. The summed E-state index contributed by atoms with van der Waals surface area (Å²) >= 11 is 0. The molecule has 1 saturated carbocycles. The Morgan fingerprint density at radius 2 is 1.80 bits per heavy atom. The molecule has 0 saturated heterocycles. The minimum atomic E-state index is -0.423. The maximum Gasteiger partial charge on any atom is 0.227 e. The molecule has 9 nitrogen and oxygen atoms in total. The first kappa shape index (κ1) is 24.1. The van der Waals surface area contributed by atoms with Crippen LogP contribution >= 0.6 is 0 Å². The lowest BCUT2D eigenvalue weighted by Gasteiger charge is -2.20. The number of carbonyl (C=O) groups is 1. The Kier molecular flexibility index (Phi) is 5.99. The number of aromatic amines is 2. The number of amides is 1. The Morgan fingerprint density at radius 3 is 2.65 bits per heavy atom. The first-order chi connectivity index (χ1) is 19.6. The van der Waals surface area contributed by atoms with E-state index in [1.165, 1.54) is 12.5 Å². The first-order valence-electron chi connectivity index (χ1n) is 13.3. The number of nitrogens with one attached hydrogen (secondary N) is 3. The van der Waals surface area contributed by atoms with Crippen molar-refractivity contribution < 1.29 is 9.18 Å². The Hall–Kier alpha value is -4.99. The minimum absolute atomic E-state index is 0.00303. The van der Waals surface area contributed by atoms with Gasteiger partial charge in [0.05, 0.1) is 28.6 Å². The maximum absolute atomic E-state index is 15.3. The number of halogens is 1. The normalized spacial score (nSPS) is 14.1. The Bertz CT molecular complexity index is 1860. The van der Waals surface area contributed by atoms with Gasteiger partial charge in [0.25, 0.3) is 0 Å². The average molecular weight is 533 g/mol. The van der Waals surface area contributed by atoms with Crippen molar-refractivity contribution in [1.29, 1.82) is 0 Å². The predicted octanol–water partition coefficient (Wildman–Crippen LogP) is 6.28. The number of hydrogen-bond acceptors (Lipinski definition) is 6. The summed E-state index contributed by atoms with van der Waals surface area (Å²) < 4.78 is 15.3. The Morgan fingerprint density at radius 1 is 0.925 bits per heavy atom. The van der Waals surface area contributed by atoms with Gasteiger partial charge in [-0.1, -0.05) is 19.3 Å². The molecule has 0 spiro atoms. The zero-order chi connectivity index (χ0) is 27.1. The average Bonchev–Trinajstić information content (AvgIpc) is 3.61. The number of H-pyrrole nitrogens is 2. The van der Waals surface area contributed by atoms with Crippen LogP contribution in [0.2, 0.25) is 0 Å². The summed E-state index contributed by atoms with van der Waals surface area (Å²) in [4.78, 5) is 33.9. The number of anilines is 1. The molecule has 0 bridgehead atoms. The van der Waals surface area contributed by atoms with Gasteiger partial charge >= 0.3 is 0 Å². The van der Waals surface area contributed by atoms with Gasteiger partial charge < -0.3 is 10.3 Å². The van der Waals surface area contributed by atoms with E-state index in [0.29, 0.717) is 50.4 Å². The summed E-state index contributed by atoms with van der Waals surface area (Å²) in [6.07, 6.45) is 13.5. The second-order valence-electron chi connectivity index (χ2n) is 10.1. The molecule has 198 valence electrons. The number of carbonyl (C=O) groups excluding carboxylic acids is 1. The van der Waals surface area contributed by atoms with E-state index in [1.54, 1.807) is 43.1 Å². The highest BCUT2D eigenvalue weighted by atomic mass is 19.1. The second-order valence-corrected chi connectivity index (χ2v) is 10.1. The van der Waals surface area contributed by atoms with E-state index in [0.717, 1.165) is 36.8 Å². The summed E-state index contributed by atoms with van der Waals surface area (Å²) in [6.45, 7) is 0. The zero-order valence-corrected chi connectivity index (χ0v) is 21.5. The van der Waals surface area contributed by atoms with E-state index < -0.39 is 5.82 Å². The van der Waals surface area contributed by atoms with Crippen molar-refractivity contribution in [1.82, 2.24) is 35.1 Å². The van der Waals surface area contributed by atoms with E-state index >= 15 is 4.39 Å². The van der Waals surface area contributed by atoms with Crippen LogP contribution in [-0.2, 0) is 4.79 Å². The zero-order valence-electron chi connectivity index (χ0n) is 21.5. The van der Waals surface area contributed by atoms with Crippen LogP contribution in [0.4, 0.5) is 10.1 Å². The van der Waals surface area contributed by atoms with Gasteiger partial charge in [-0.05, 0) is 43.2 Å². The maximum atomic E-state index is 15.3. The molecule has 0 unspecified atom stereocenters. The topological polar surface area (TPSA) is 125 Å². The lowest BCUT2D eigenvalue weighted by molar-refractivity contribution is -0.120. The van der Waals surface area contributed by atoms with Crippen molar-refractivity contribution in [2.75, 3.05) is 5.32 Å². The Balaban J connectivity index is 1.25. The third kappa shape index (κ3) is 4.37. The predicted molar refractivity (Wildman–Crippen MR) is 151 cm³/mol. The van der Waals surface area contributed by atoms with Crippen LogP contribution in [-0.4, -0.2) is 41.0 Å². The fourth-order valence-electron chi connectivity index (χ4n) is 5.47. The molecule has 3 N–H and O–H groups in total. The van der Waals surface area contributed by atoms with Gasteiger partial charge in [0, 0.05) is 58.8 Å². The first-order valence-corrected chi connectivity index (χ1v) is 13.3. The summed E-state index contributed by atoms with van der Waals surface area (Å²) in [7, 11) is 0. The van der Waals surface area contributed by atoms with Gasteiger partial charge in [-0.2, -0.15) is 5.10 Å². The quantitative estimate of drug-likeness (QED) is 0.240. The van der Waals surface area contributed by atoms with Crippen LogP contribution in [0.3, 0.4) is 0 Å². The fourth-order valence-corrected chi connectivity index (χ4v) is 5.47. The molecule has 6 aromatic rings. The number of imidazole rings is 1. The molecule has 0 aliphatic heterocycles. The molecule has 1 aliphatic rings. The molecular weight excluding hydrogens is 507 g/mol. The van der Waals surface area contributed by atoms with Gasteiger partial charge in [-0.3, -0.25) is 24.8 Å². The molecule has 7 rings (SSSR count). The van der Waals surface area contributed by atoms with Gasteiger partial charge in [-0.25, -0.2) is 9.37 Å². The smallest absolute Gasteiger partial charge is 0.227 e. The summed E-state index contributed by atoms with van der Waals surface area (Å²) in [5.41, 5.74) is 5.60. The molecule has 0 atom stereocenters. The van der Waals surface area contributed by atoms with Crippen molar-refractivity contribution in [2.24, 2.45) is 5.92 Å². The highest BCUT2D eigenvalue weighted by Crippen LogP contribution is 2.34. The summed E-state index contributed by atoms with van der Waals surface area (Å²) in [5.74, 6) is 0.116. The van der Waals surface area contributed by atoms with Crippen LogP contribution in [0.1, 0.15) is 32.1 Å². The monoisotopic (exact) mass is 532 g/mol. The van der Waals surface area contributed by atoms with E-state index in [4.69, 9.17) is 4.98 Å². The van der Waals surface area contributed by atoms with Gasteiger partial charge in [0.2, 0.25) is 5.91 Å². The summed E-state index contributed by atoms with van der Waals surface area (Å²) in [5, 5.41) is 11.1. The largest absolute Gasteiger partial charge is 0.336 e. The molecule has 0 radical (unpaired) electrons. The molecule has 10 heteroatoms. The lowest BCUT2D eigenvalue weighted by Crippen LogP contribution is -2.24. The van der Waals surface area contributed by atoms with Crippen molar-refractivity contribution in [3.63, 3.8) is 0 Å². The lowest BCUT2D eigenvalue weighted by atomic mass is 9.88. The molecule has 1 aromatic carbocycles. The Labute approximate surface area is 228 Å². The molecule has 1 fully saturated rings. The van der Waals surface area contributed by atoms with E-state index in [2.05, 4.69) is 35.5 Å². The molecule has 1 aliphatic carbocycles. The number of fused-ring (bicyclic) bond motifs is 2. The van der Waals surface area contributed by atoms with Gasteiger partial charge in [0.1, 0.15) is 17.0 Å². The number of benzene rings is 1. The standard InChI is InChI=1S/C30H25FN8O/c31-23-13-25-22(12-21(23)19-11-20(16-33-15-19)35-30(40)17-5-2-1-3-6-17)27(39-38-25)29-36-24-8-10-34-26(28(24)37-29)18-7-4-9-32-14-18/h4,7-17H,1-3,5-6H2,(H,35,40)(H,36,37)(H,38,39). The van der Waals surface area contributed by atoms with E-state index in [-0.39, 0.29) is 11.8 Å². The fraction of sp³-hybridized carbons (Fsp3) is 0.200. The van der Waals surface area contributed by atoms with Crippen LogP contribution in [0.25, 0.3) is 55.8 Å². The molecular formula is C30H25FN8O. The van der Waals surface area contributed by atoms with Crippen molar-refractivity contribution in [2.45, 2.75) is 32.1 Å². The number of pyridine rings is 3. The number of hydrogen-bond donors (Lipinski definition) is 3. The highest BCUT2D eigenvalue weighted by Gasteiger charge is 2.22. The van der Waals surface area contributed by atoms with Crippen LogP contribution in [0.5, 0.6) is 0 Å². The highest BCUT2D eigenvalue weighted by molar-refractivity contribution is 5.98. The number of nitrogens with zero attached hydrogens (tertiary/aromatic N) is 5. The van der Waals surface area contributed by atoms with Crippen LogP contribution in [0.15, 0.2) is 67.4 Å². The molecule has 40 heavy (non-hydrogen) atoms. The van der Waals surface area contributed by atoms with Crippen molar-refractivity contribution in [3.8, 4) is 33.9 Å². The molecule has 5 aromatic heterocycles. The summed E-state index contributed by atoms with van der Waals surface area (Å²) in [6, 6.07) is 10.5. The van der Waals surface area contributed by atoms with E-state index in [1.807, 2.05) is 18.2 Å². The second kappa shape index (κ2) is 9.96. The number of aromatic nitrogens is 7. The molecule has 5 heterocycles. The van der Waals surface area contributed by atoms with Gasteiger partial charge in [-0.15, -0.1) is 0 Å². The van der Waals surface area contributed by atoms with Gasteiger partial charge in [0.15, 0.2) is 5.82 Å². The van der Waals surface area contributed by atoms with E-state index in [9.17, 15) is 4.79 Å². The van der Waals surface area contributed by atoms with Crippen molar-refractivity contribution in [3.05, 3.63) is 73.2 Å². The SMILES string of the molecule is O=C(Nc1cncc(-c2cc3c(-c4nc5c(-c6cccnc6)nccc5[nH]4)n[nH]c3cc2F)c1)C1CCCCC1. The van der Waals surface area contributed by atoms with Crippen LogP contribution in [0, 0.1) is 11.7 Å². The third-order valence-electron chi connectivity index (χ3n) is 7.50. The minimum Gasteiger partial charge on any atom is -0.336 e. The van der Waals surface area contributed by atoms with Crippen LogP contribution < -0.4 is 5.32 Å².